The van der Waals surface area contributed by atoms with Crippen LogP contribution in [0.4, 0.5) is 0 Å². The Morgan fingerprint density at radius 1 is 1.33 bits per heavy atom. The maximum absolute atomic E-state index is 12.4. The highest BCUT2D eigenvalue weighted by Gasteiger charge is 2.19. The number of ketones is 1. The van der Waals surface area contributed by atoms with Crippen LogP contribution in [0.2, 0.25) is 0 Å². The van der Waals surface area contributed by atoms with E-state index in [0.717, 1.165) is 11.5 Å². The molecule has 0 aliphatic heterocycles. The van der Waals surface area contributed by atoms with Crippen molar-refractivity contribution in [2.24, 2.45) is 0 Å². The summed E-state index contributed by atoms with van der Waals surface area (Å²) >= 11 is 1.11. The summed E-state index contributed by atoms with van der Waals surface area (Å²) in [6.07, 6.45) is 0.0274. The van der Waals surface area contributed by atoms with Crippen LogP contribution in [0.25, 0.3) is 0 Å². The van der Waals surface area contributed by atoms with Crippen LogP contribution in [-0.4, -0.2) is 21.5 Å². The number of benzene rings is 1. The number of nitrogens with zero attached hydrogens (tertiary/aromatic N) is 2. The van der Waals surface area contributed by atoms with Gasteiger partial charge in [0, 0.05) is 0 Å². The number of hydrogen-bond donors (Lipinski definition) is 0. The Kier molecular flexibility index (Phi) is 3.72. The summed E-state index contributed by atoms with van der Waals surface area (Å²) in [5, 5.41) is 3.86. The van der Waals surface area contributed by atoms with Crippen LogP contribution in [0.3, 0.4) is 0 Å². The minimum absolute atomic E-state index is 0.0274. The molecule has 0 unspecified atom stereocenters. The van der Waals surface area contributed by atoms with Crippen molar-refractivity contribution in [3.8, 4) is 5.75 Å². The lowest BCUT2D eigenvalue weighted by Gasteiger charge is -2.12. The van der Waals surface area contributed by atoms with Gasteiger partial charge in [0.2, 0.25) is 5.78 Å². The van der Waals surface area contributed by atoms with Gasteiger partial charge in [0.05, 0.1) is 17.4 Å². The van der Waals surface area contributed by atoms with Crippen molar-refractivity contribution in [2.75, 3.05) is 0 Å². The summed E-state index contributed by atoms with van der Waals surface area (Å²) in [5.41, 5.74) is 1.21. The normalized spacial score (nSPS) is 10.7. The molecular formula is C13H14N2O2S. The smallest absolute Gasteiger partial charge is 0.210 e. The Balaban J connectivity index is 2.39. The number of hydrogen-bond acceptors (Lipinski definition) is 5. The van der Waals surface area contributed by atoms with Gasteiger partial charge in [-0.15, -0.1) is 5.10 Å². The van der Waals surface area contributed by atoms with Gasteiger partial charge in [-0.1, -0.05) is 16.6 Å². The van der Waals surface area contributed by atoms with E-state index >= 15 is 0 Å². The predicted octanol–water partition coefficient (Wildman–Crippen LogP) is 2.86. The molecule has 94 valence electrons. The zero-order valence-corrected chi connectivity index (χ0v) is 11.3. The molecule has 0 saturated carbocycles. The summed E-state index contributed by atoms with van der Waals surface area (Å²) in [6.45, 7) is 5.64. The van der Waals surface area contributed by atoms with Crippen LogP contribution in [-0.2, 0) is 0 Å². The van der Waals surface area contributed by atoms with Crippen molar-refractivity contribution >= 4 is 17.3 Å². The quantitative estimate of drug-likeness (QED) is 0.795. The second kappa shape index (κ2) is 5.27. The molecule has 0 aliphatic rings. The first-order valence-electron chi connectivity index (χ1n) is 5.69. The van der Waals surface area contributed by atoms with Crippen molar-refractivity contribution in [2.45, 2.75) is 26.9 Å². The van der Waals surface area contributed by atoms with Gasteiger partial charge in [-0.3, -0.25) is 4.79 Å². The number of carbonyl (C=O) groups is 1. The van der Waals surface area contributed by atoms with Crippen LogP contribution in [0.5, 0.6) is 5.75 Å². The van der Waals surface area contributed by atoms with Crippen molar-refractivity contribution in [1.82, 2.24) is 9.59 Å². The summed E-state index contributed by atoms with van der Waals surface area (Å²) in [6, 6.07) is 7.24. The van der Waals surface area contributed by atoms with Crippen LogP contribution in [0.15, 0.2) is 24.3 Å². The van der Waals surface area contributed by atoms with Crippen LogP contribution >= 0.6 is 11.5 Å². The molecule has 1 heterocycles. The number of para-hydroxylation sites is 1. The van der Waals surface area contributed by atoms with E-state index in [9.17, 15) is 4.79 Å². The molecule has 2 rings (SSSR count). The Morgan fingerprint density at radius 2 is 2.06 bits per heavy atom. The molecule has 4 nitrogen and oxygen atoms in total. The highest BCUT2D eigenvalue weighted by molar-refractivity contribution is 7.08. The van der Waals surface area contributed by atoms with Gasteiger partial charge in [0.15, 0.2) is 0 Å². The van der Waals surface area contributed by atoms with Crippen LogP contribution < -0.4 is 4.74 Å². The standard InChI is InChI=1S/C13H14N2O2S/c1-8(2)17-11-7-5-4-6-10(11)12(16)13-9(3)14-15-18-13/h4-8H,1-3H3. The van der Waals surface area contributed by atoms with Gasteiger partial charge in [-0.05, 0) is 44.4 Å². The van der Waals surface area contributed by atoms with E-state index in [4.69, 9.17) is 4.74 Å². The SMILES string of the molecule is Cc1nnsc1C(=O)c1ccccc1OC(C)C. The molecule has 5 heteroatoms. The van der Waals surface area contributed by atoms with Crippen LogP contribution in [0, 0.1) is 6.92 Å². The van der Waals surface area contributed by atoms with Gasteiger partial charge < -0.3 is 4.74 Å². The molecule has 0 spiro atoms. The third kappa shape index (κ3) is 2.56. The van der Waals surface area contributed by atoms with E-state index in [2.05, 4.69) is 9.59 Å². The molecule has 0 aliphatic carbocycles. The Labute approximate surface area is 110 Å². The number of rotatable bonds is 4. The summed E-state index contributed by atoms with van der Waals surface area (Å²) < 4.78 is 9.44. The van der Waals surface area contributed by atoms with Crippen molar-refractivity contribution < 1.29 is 9.53 Å². The molecule has 0 bridgehead atoms. The Bertz CT molecular complexity index is 564. The average Bonchev–Trinajstić information content (AvgIpc) is 2.74. The molecule has 2 aromatic rings. The fraction of sp³-hybridized carbons (Fsp3) is 0.308. The second-order valence-corrected chi connectivity index (χ2v) is 4.93. The van der Waals surface area contributed by atoms with Crippen LogP contribution in [0.1, 0.15) is 34.8 Å². The summed E-state index contributed by atoms with van der Waals surface area (Å²) in [5.74, 6) is 0.518. The maximum Gasteiger partial charge on any atom is 0.210 e. The van der Waals surface area contributed by atoms with E-state index in [-0.39, 0.29) is 11.9 Å². The number of aryl methyl sites for hydroxylation is 1. The van der Waals surface area contributed by atoms with Gasteiger partial charge in [-0.25, -0.2) is 0 Å². The molecule has 1 aromatic carbocycles. The second-order valence-electron chi connectivity index (χ2n) is 4.18. The fourth-order valence-corrected chi connectivity index (χ4v) is 2.18. The highest BCUT2D eigenvalue weighted by Crippen LogP contribution is 2.24. The number of aromatic nitrogens is 2. The Morgan fingerprint density at radius 3 is 2.67 bits per heavy atom. The maximum atomic E-state index is 12.4. The molecule has 0 radical (unpaired) electrons. The molecular weight excluding hydrogens is 248 g/mol. The monoisotopic (exact) mass is 262 g/mol. The zero-order valence-electron chi connectivity index (χ0n) is 10.5. The molecule has 0 amide bonds. The number of ether oxygens (including phenoxy) is 1. The average molecular weight is 262 g/mol. The first-order valence-corrected chi connectivity index (χ1v) is 6.46. The molecule has 1 aromatic heterocycles. The Hall–Kier alpha value is -1.75. The number of carbonyl (C=O) groups excluding carboxylic acids is 1. The summed E-state index contributed by atoms with van der Waals surface area (Å²) in [4.78, 5) is 12.9. The molecule has 0 fully saturated rings. The first-order chi connectivity index (χ1) is 8.59. The highest BCUT2D eigenvalue weighted by atomic mass is 32.1. The minimum atomic E-state index is -0.0845. The van der Waals surface area contributed by atoms with Gasteiger partial charge in [0.1, 0.15) is 10.6 Å². The lowest BCUT2D eigenvalue weighted by molar-refractivity contribution is 0.103. The lowest BCUT2D eigenvalue weighted by Crippen LogP contribution is -2.10. The van der Waals surface area contributed by atoms with Gasteiger partial charge in [0.25, 0.3) is 0 Å². The fourth-order valence-electron chi connectivity index (χ4n) is 1.57. The van der Waals surface area contributed by atoms with Gasteiger partial charge >= 0.3 is 0 Å². The molecule has 0 saturated heterocycles. The van der Waals surface area contributed by atoms with Crippen molar-refractivity contribution in [3.63, 3.8) is 0 Å². The zero-order chi connectivity index (χ0) is 13.1. The molecule has 0 N–H and O–H groups in total. The molecule has 0 atom stereocenters. The van der Waals surface area contributed by atoms with E-state index in [1.807, 2.05) is 26.0 Å². The third-order valence-electron chi connectivity index (χ3n) is 2.35. The summed E-state index contributed by atoms with van der Waals surface area (Å²) in [7, 11) is 0. The van der Waals surface area contributed by atoms with E-state index in [1.54, 1.807) is 19.1 Å². The van der Waals surface area contributed by atoms with E-state index < -0.39 is 0 Å². The van der Waals surface area contributed by atoms with Gasteiger partial charge in [-0.2, -0.15) is 0 Å². The lowest BCUT2D eigenvalue weighted by atomic mass is 10.1. The van der Waals surface area contributed by atoms with Crippen molar-refractivity contribution in [1.29, 1.82) is 0 Å². The van der Waals surface area contributed by atoms with E-state index in [1.165, 1.54) is 0 Å². The molecule has 18 heavy (non-hydrogen) atoms. The predicted molar refractivity (Wildman–Crippen MR) is 70.3 cm³/mol. The van der Waals surface area contributed by atoms with E-state index in [0.29, 0.717) is 21.9 Å². The largest absolute Gasteiger partial charge is 0.490 e. The third-order valence-corrected chi connectivity index (χ3v) is 3.18. The first kappa shape index (κ1) is 12.7. The van der Waals surface area contributed by atoms with Crippen molar-refractivity contribution in [3.05, 3.63) is 40.4 Å². The minimum Gasteiger partial charge on any atom is -0.490 e. The topological polar surface area (TPSA) is 52.1 Å².